The maximum absolute atomic E-state index is 4.20. The summed E-state index contributed by atoms with van der Waals surface area (Å²) in [6, 6.07) is 2.14. The van der Waals surface area contributed by atoms with Crippen molar-refractivity contribution in [2.24, 2.45) is 0 Å². The van der Waals surface area contributed by atoms with E-state index in [-0.39, 0.29) is 0 Å². The summed E-state index contributed by atoms with van der Waals surface area (Å²) in [5, 5.41) is 11.6. The predicted octanol–water partition coefficient (Wildman–Crippen LogP) is 1.79. The first-order valence-electron chi connectivity index (χ1n) is 4.99. The van der Waals surface area contributed by atoms with Gasteiger partial charge in [0.15, 0.2) is 0 Å². The first-order valence-corrected chi connectivity index (χ1v) is 4.99. The Morgan fingerprint density at radius 1 is 1.38 bits per heavy atom. The molecule has 13 heavy (non-hydrogen) atoms. The van der Waals surface area contributed by atoms with Crippen molar-refractivity contribution in [3.63, 3.8) is 0 Å². The number of aromatic nitrogens is 2. The smallest absolute Gasteiger partial charge is 0.148 e. The van der Waals surface area contributed by atoms with Crippen LogP contribution in [0.1, 0.15) is 31.0 Å². The van der Waals surface area contributed by atoms with Gasteiger partial charge < -0.3 is 5.32 Å². The molecule has 0 amide bonds. The fourth-order valence-electron chi connectivity index (χ4n) is 1.67. The highest BCUT2D eigenvalue weighted by atomic mass is 15.2. The Bertz CT molecular complexity index is 296. The summed E-state index contributed by atoms with van der Waals surface area (Å²) in [6.07, 6.45) is 4.64. The topological polar surface area (TPSA) is 37.8 Å². The monoisotopic (exact) mass is 177 g/mol. The van der Waals surface area contributed by atoms with Gasteiger partial charge in [0.05, 0.1) is 5.69 Å². The van der Waals surface area contributed by atoms with E-state index >= 15 is 0 Å². The molecule has 0 spiro atoms. The van der Waals surface area contributed by atoms with Gasteiger partial charge in [-0.1, -0.05) is 6.92 Å². The zero-order valence-corrected chi connectivity index (χ0v) is 8.01. The lowest BCUT2D eigenvalue weighted by atomic mass is 10.2. The molecule has 1 aliphatic carbocycles. The molecule has 1 heterocycles. The van der Waals surface area contributed by atoms with Gasteiger partial charge >= 0.3 is 0 Å². The van der Waals surface area contributed by atoms with Crippen LogP contribution in [0.5, 0.6) is 0 Å². The first-order chi connectivity index (χ1) is 6.40. The minimum absolute atomic E-state index is 0.933. The zero-order chi connectivity index (χ0) is 9.10. The fraction of sp³-hybridized carbons (Fsp3) is 0.600. The van der Waals surface area contributed by atoms with Crippen LogP contribution in [0.4, 0.5) is 5.82 Å². The van der Waals surface area contributed by atoms with Gasteiger partial charge in [-0.3, -0.25) is 0 Å². The van der Waals surface area contributed by atoms with E-state index in [9.17, 15) is 0 Å². The SMILES string of the molecule is CCCNc1cc2c(nn1)CCC2. The molecule has 1 aromatic rings. The van der Waals surface area contributed by atoms with Crippen LogP contribution in [0.2, 0.25) is 0 Å². The second-order valence-electron chi connectivity index (χ2n) is 3.48. The summed E-state index contributed by atoms with van der Waals surface area (Å²) in [5.74, 6) is 0.933. The average Bonchev–Trinajstić information content (AvgIpc) is 2.61. The van der Waals surface area contributed by atoms with Gasteiger partial charge in [-0.15, -0.1) is 5.10 Å². The Morgan fingerprint density at radius 2 is 2.31 bits per heavy atom. The number of aryl methyl sites for hydroxylation is 2. The molecule has 1 aromatic heterocycles. The maximum Gasteiger partial charge on any atom is 0.148 e. The Hall–Kier alpha value is -1.12. The predicted molar refractivity (Wildman–Crippen MR) is 52.8 cm³/mol. The van der Waals surface area contributed by atoms with E-state index in [4.69, 9.17) is 0 Å². The molecule has 0 aromatic carbocycles. The van der Waals surface area contributed by atoms with Crippen molar-refractivity contribution in [3.8, 4) is 0 Å². The number of anilines is 1. The van der Waals surface area contributed by atoms with E-state index in [1.165, 1.54) is 24.1 Å². The van der Waals surface area contributed by atoms with Crippen molar-refractivity contribution in [3.05, 3.63) is 17.3 Å². The van der Waals surface area contributed by atoms with Gasteiger partial charge in [0.25, 0.3) is 0 Å². The maximum atomic E-state index is 4.20. The lowest BCUT2D eigenvalue weighted by Gasteiger charge is -2.04. The highest BCUT2D eigenvalue weighted by Crippen LogP contribution is 2.20. The minimum atomic E-state index is 0.933. The number of fused-ring (bicyclic) bond motifs is 1. The molecule has 0 fully saturated rings. The van der Waals surface area contributed by atoms with Gasteiger partial charge in [0.2, 0.25) is 0 Å². The Kier molecular flexibility index (Phi) is 2.43. The van der Waals surface area contributed by atoms with Gasteiger partial charge in [-0.2, -0.15) is 5.10 Å². The molecule has 1 N–H and O–H groups in total. The lowest BCUT2D eigenvalue weighted by Crippen LogP contribution is -2.04. The van der Waals surface area contributed by atoms with E-state index in [0.29, 0.717) is 0 Å². The van der Waals surface area contributed by atoms with Crippen LogP contribution in [-0.4, -0.2) is 16.7 Å². The van der Waals surface area contributed by atoms with Gasteiger partial charge in [0.1, 0.15) is 5.82 Å². The number of hydrogen-bond donors (Lipinski definition) is 1. The second-order valence-corrected chi connectivity index (χ2v) is 3.48. The summed E-state index contributed by atoms with van der Waals surface area (Å²) in [5.41, 5.74) is 2.58. The van der Waals surface area contributed by atoms with Crippen LogP contribution in [0.25, 0.3) is 0 Å². The molecular formula is C10H15N3. The summed E-state index contributed by atoms with van der Waals surface area (Å²) in [7, 11) is 0. The van der Waals surface area contributed by atoms with Crippen LogP contribution in [0.15, 0.2) is 6.07 Å². The molecule has 0 bridgehead atoms. The third kappa shape index (κ3) is 1.79. The van der Waals surface area contributed by atoms with Crippen molar-refractivity contribution in [1.82, 2.24) is 10.2 Å². The Morgan fingerprint density at radius 3 is 3.15 bits per heavy atom. The summed E-state index contributed by atoms with van der Waals surface area (Å²) < 4.78 is 0. The summed E-state index contributed by atoms with van der Waals surface area (Å²) >= 11 is 0. The number of nitrogens with one attached hydrogen (secondary N) is 1. The molecular weight excluding hydrogens is 162 g/mol. The number of nitrogens with zero attached hydrogens (tertiary/aromatic N) is 2. The van der Waals surface area contributed by atoms with Crippen molar-refractivity contribution in [2.45, 2.75) is 32.6 Å². The second kappa shape index (κ2) is 3.73. The molecule has 0 atom stereocenters. The number of hydrogen-bond acceptors (Lipinski definition) is 3. The largest absolute Gasteiger partial charge is 0.369 e. The molecule has 3 nitrogen and oxygen atoms in total. The van der Waals surface area contributed by atoms with E-state index < -0.39 is 0 Å². The van der Waals surface area contributed by atoms with Crippen molar-refractivity contribution >= 4 is 5.82 Å². The molecule has 3 heteroatoms. The van der Waals surface area contributed by atoms with Crippen LogP contribution < -0.4 is 5.32 Å². The molecule has 0 aliphatic heterocycles. The molecule has 70 valence electrons. The molecule has 0 radical (unpaired) electrons. The van der Waals surface area contributed by atoms with E-state index in [0.717, 1.165) is 25.2 Å². The molecule has 1 aliphatic rings. The standard InChI is InChI=1S/C10H15N3/c1-2-6-11-10-7-8-4-3-5-9(8)12-13-10/h7H,2-6H2,1H3,(H,11,13). The Labute approximate surface area is 78.6 Å². The van der Waals surface area contributed by atoms with Crippen LogP contribution in [-0.2, 0) is 12.8 Å². The van der Waals surface area contributed by atoms with Crippen LogP contribution >= 0.6 is 0 Å². The van der Waals surface area contributed by atoms with Crippen molar-refractivity contribution in [2.75, 3.05) is 11.9 Å². The van der Waals surface area contributed by atoms with E-state index in [1.807, 2.05) is 0 Å². The summed E-state index contributed by atoms with van der Waals surface area (Å²) in [4.78, 5) is 0. The highest BCUT2D eigenvalue weighted by Gasteiger charge is 2.12. The minimum Gasteiger partial charge on any atom is -0.369 e. The first kappa shape index (κ1) is 8.48. The fourth-order valence-corrected chi connectivity index (χ4v) is 1.67. The summed E-state index contributed by atoms with van der Waals surface area (Å²) in [6.45, 7) is 3.13. The number of rotatable bonds is 3. The van der Waals surface area contributed by atoms with Gasteiger partial charge in [0, 0.05) is 6.54 Å². The zero-order valence-electron chi connectivity index (χ0n) is 8.01. The third-order valence-corrected chi connectivity index (χ3v) is 2.38. The van der Waals surface area contributed by atoms with Gasteiger partial charge in [-0.25, -0.2) is 0 Å². The molecule has 0 saturated heterocycles. The molecule has 0 unspecified atom stereocenters. The van der Waals surface area contributed by atoms with Crippen molar-refractivity contribution < 1.29 is 0 Å². The third-order valence-electron chi connectivity index (χ3n) is 2.38. The molecule has 0 saturated carbocycles. The van der Waals surface area contributed by atoms with Crippen molar-refractivity contribution in [1.29, 1.82) is 0 Å². The van der Waals surface area contributed by atoms with Crippen LogP contribution in [0, 0.1) is 0 Å². The lowest BCUT2D eigenvalue weighted by molar-refractivity contribution is 0.875. The van der Waals surface area contributed by atoms with Gasteiger partial charge in [-0.05, 0) is 37.3 Å². The van der Waals surface area contributed by atoms with E-state index in [2.05, 4.69) is 28.5 Å². The average molecular weight is 177 g/mol. The quantitative estimate of drug-likeness (QED) is 0.764. The Balaban J connectivity index is 2.12. The highest BCUT2D eigenvalue weighted by molar-refractivity contribution is 5.39. The molecule has 2 rings (SSSR count). The van der Waals surface area contributed by atoms with E-state index in [1.54, 1.807) is 0 Å². The van der Waals surface area contributed by atoms with Crippen LogP contribution in [0.3, 0.4) is 0 Å². The normalized spacial score (nSPS) is 14.2.